The lowest BCUT2D eigenvalue weighted by molar-refractivity contribution is -0.113. The highest BCUT2D eigenvalue weighted by molar-refractivity contribution is 8.00. The number of aryl methyl sites for hydroxylation is 1. The van der Waals surface area contributed by atoms with Crippen LogP contribution in [0.4, 0.5) is 20.2 Å². The molecule has 21 heavy (non-hydrogen) atoms. The highest BCUT2D eigenvalue weighted by Crippen LogP contribution is 2.23. The Balaban J connectivity index is 1.97. The Bertz CT molecular complexity index is 677. The number of anilines is 2. The molecular weight excluding hydrogens is 294 g/mol. The molecule has 0 saturated heterocycles. The molecule has 1 amide bonds. The van der Waals surface area contributed by atoms with E-state index in [4.69, 9.17) is 5.73 Å². The van der Waals surface area contributed by atoms with E-state index in [2.05, 4.69) is 5.32 Å². The first-order valence-corrected chi connectivity index (χ1v) is 7.18. The smallest absolute Gasteiger partial charge is 0.234 e. The zero-order valence-corrected chi connectivity index (χ0v) is 12.1. The quantitative estimate of drug-likeness (QED) is 0.670. The van der Waals surface area contributed by atoms with E-state index in [9.17, 15) is 13.6 Å². The van der Waals surface area contributed by atoms with Crippen molar-refractivity contribution < 1.29 is 13.6 Å². The molecule has 3 nitrogen and oxygen atoms in total. The van der Waals surface area contributed by atoms with Gasteiger partial charge in [-0.3, -0.25) is 4.79 Å². The van der Waals surface area contributed by atoms with E-state index >= 15 is 0 Å². The lowest BCUT2D eigenvalue weighted by atomic mass is 10.2. The zero-order chi connectivity index (χ0) is 15.4. The Labute approximate surface area is 125 Å². The summed E-state index contributed by atoms with van der Waals surface area (Å²) in [6.07, 6.45) is 0. The van der Waals surface area contributed by atoms with Gasteiger partial charge in [-0.25, -0.2) is 8.78 Å². The van der Waals surface area contributed by atoms with Crippen molar-refractivity contribution in [2.75, 3.05) is 16.8 Å². The van der Waals surface area contributed by atoms with Crippen LogP contribution < -0.4 is 11.1 Å². The standard InChI is InChI=1S/C15H14F2N2OS/c1-9-2-4-11(18)7-13(9)19-15(20)8-21-14-5-3-10(16)6-12(14)17/h2-7H,8,18H2,1H3,(H,19,20). The number of thioether (sulfide) groups is 1. The molecule has 0 radical (unpaired) electrons. The predicted octanol–water partition coefficient (Wildman–Crippen LogP) is 3.59. The number of benzene rings is 2. The van der Waals surface area contributed by atoms with Crippen LogP contribution in [-0.4, -0.2) is 11.7 Å². The molecule has 0 aliphatic rings. The first kappa shape index (κ1) is 15.3. The predicted molar refractivity (Wildman–Crippen MR) is 81.3 cm³/mol. The Hall–Kier alpha value is -2.08. The van der Waals surface area contributed by atoms with Gasteiger partial charge < -0.3 is 11.1 Å². The molecule has 0 unspecified atom stereocenters. The second kappa shape index (κ2) is 6.58. The Morgan fingerprint density at radius 2 is 2.00 bits per heavy atom. The van der Waals surface area contributed by atoms with Gasteiger partial charge in [0.15, 0.2) is 0 Å². The fraction of sp³-hybridized carbons (Fsp3) is 0.133. The third-order valence-corrected chi connectivity index (χ3v) is 3.84. The van der Waals surface area contributed by atoms with Crippen LogP contribution in [0.1, 0.15) is 5.56 Å². The van der Waals surface area contributed by atoms with Crippen LogP contribution in [0, 0.1) is 18.6 Å². The van der Waals surface area contributed by atoms with E-state index in [0.29, 0.717) is 11.4 Å². The van der Waals surface area contributed by atoms with Gasteiger partial charge in [0.05, 0.1) is 5.75 Å². The average molecular weight is 308 g/mol. The van der Waals surface area contributed by atoms with Gasteiger partial charge in [0, 0.05) is 22.3 Å². The number of hydrogen-bond donors (Lipinski definition) is 2. The van der Waals surface area contributed by atoms with Crippen LogP contribution in [0.15, 0.2) is 41.3 Å². The third kappa shape index (κ3) is 4.19. The summed E-state index contributed by atoms with van der Waals surface area (Å²) in [7, 11) is 0. The van der Waals surface area contributed by atoms with Crippen molar-refractivity contribution in [1.82, 2.24) is 0 Å². The third-order valence-electron chi connectivity index (χ3n) is 2.79. The van der Waals surface area contributed by atoms with Crippen molar-refractivity contribution in [3.05, 3.63) is 53.6 Å². The number of nitrogens with one attached hydrogen (secondary N) is 1. The Kier molecular flexibility index (Phi) is 4.80. The number of carbonyl (C=O) groups is 1. The molecule has 110 valence electrons. The summed E-state index contributed by atoms with van der Waals surface area (Å²) >= 11 is 1.01. The fourth-order valence-electron chi connectivity index (χ4n) is 1.70. The first-order chi connectivity index (χ1) is 9.95. The second-order valence-electron chi connectivity index (χ2n) is 4.49. The number of carbonyl (C=O) groups excluding carboxylic acids is 1. The minimum absolute atomic E-state index is 0.0246. The summed E-state index contributed by atoms with van der Waals surface area (Å²) in [5, 5.41) is 2.72. The highest BCUT2D eigenvalue weighted by atomic mass is 32.2. The van der Waals surface area contributed by atoms with Crippen molar-refractivity contribution >= 4 is 29.0 Å². The van der Waals surface area contributed by atoms with E-state index < -0.39 is 11.6 Å². The first-order valence-electron chi connectivity index (χ1n) is 6.19. The molecule has 0 aliphatic heterocycles. The lowest BCUT2D eigenvalue weighted by Crippen LogP contribution is -2.15. The molecule has 0 aliphatic carbocycles. The maximum atomic E-state index is 13.4. The minimum atomic E-state index is -0.673. The summed E-state index contributed by atoms with van der Waals surface area (Å²) in [6.45, 7) is 1.85. The summed E-state index contributed by atoms with van der Waals surface area (Å²) < 4.78 is 26.2. The lowest BCUT2D eigenvalue weighted by Gasteiger charge is -2.09. The molecule has 2 rings (SSSR count). The molecule has 2 aromatic rings. The van der Waals surface area contributed by atoms with E-state index in [0.717, 1.165) is 29.5 Å². The molecule has 6 heteroatoms. The van der Waals surface area contributed by atoms with Crippen molar-refractivity contribution in [1.29, 1.82) is 0 Å². The van der Waals surface area contributed by atoms with Crippen LogP contribution in [-0.2, 0) is 4.79 Å². The van der Waals surface area contributed by atoms with Crippen molar-refractivity contribution in [2.45, 2.75) is 11.8 Å². The minimum Gasteiger partial charge on any atom is -0.399 e. The van der Waals surface area contributed by atoms with Gasteiger partial charge in [0.1, 0.15) is 11.6 Å². The average Bonchev–Trinajstić information content (AvgIpc) is 2.42. The number of amides is 1. The molecule has 0 spiro atoms. The SMILES string of the molecule is Cc1ccc(N)cc1NC(=O)CSc1ccc(F)cc1F. The number of rotatable bonds is 4. The summed E-state index contributed by atoms with van der Waals surface area (Å²) in [6, 6.07) is 8.48. The van der Waals surface area contributed by atoms with E-state index in [1.165, 1.54) is 6.07 Å². The molecule has 0 fully saturated rings. The number of halogens is 2. The van der Waals surface area contributed by atoms with E-state index in [-0.39, 0.29) is 16.6 Å². The maximum absolute atomic E-state index is 13.4. The van der Waals surface area contributed by atoms with Crippen LogP contribution in [0.3, 0.4) is 0 Å². The van der Waals surface area contributed by atoms with Gasteiger partial charge in [0.2, 0.25) is 5.91 Å². The van der Waals surface area contributed by atoms with Gasteiger partial charge in [-0.2, -0.15) is 0 Å². The maximum Gasteiger partial charge on any atom is 0.234 e. The van der Waals surface area contributed by atoms with Crippen molar-refractivity contribution in [2.24, 2.45) is 0 Å². The van der Waals surface area contributed by atoms with E-state index in [1.54, 1.807) is 18.2 Å². The molecule has 0 bridgehead atoms. The molecular formula is C15H14F2N2OS. The molecule has 0 aromatic heterocycles. The van der Waals surface area contributed by atoms with Crippen LogP contribution >= 0.6 is 11.8 Å². The topological polar surface area (TPSA) is 55.1 Å². The van der Waals surface area contributed by atoms with Crippen LogP contribution in [0.25, 0.3) is 0 Å². The second-order valence-corrected chi connectivity index (χ2v) is 5.50. The van der Waals surface area contributed by atoms with Gasteiger partial charge in [-0.1, -0.05) is 6.07 Å². The van der Waals surface area contributed by atoms with Gasteiger partial charge in [0.25, 0.3) is 0 Å². The highest BCUT2D eigenvalue weighted by Gasteiger charge is 2.09. The number of nitrogen functional groups attached to an aromatic ring is 1. The van der Waals surface area contributed by atoms with Gasteiger partial charge in [-0.15, -0.1) is 11.8 Å². The van der Waals surface area contributed by atoms with Crippen molar-refractivity contribution in [3.63, 3.8) is 0 Å². The van der Waals surface area contributed by atoms with Crippen molar-refractivity contribution in [3.8, 4) is 0 Å². The monoisotopic (exact) mass is 308 g/mol. The molecule has 2 aromatic carbocycles. The van der Waals surface area contributed by atoms with E-state index in [1.807, 2.05) is 6.92 Å². The summed E-state index contributed by atoms with van der Waals surface area (Å²) in [5.41, 5.74) is 7.72. The zero-order valence-electron chi connectivity index (χ0n) is 11.3. The van der Waals surface area contributed by atoms with Gasteiger partial charge in [-0.05, 0) is 36.8 Å². The van der Waals surface area contributed by atoms with Crippen LogP contribution in [0.2, 0.25) is 0 Å². The Morgan fingerprint density at radius 3 is 2.71 bits per heavy atom. The van der Waals surface area contributed by atoms with Crippen LogP contribution in [0.5, 0.6) is 0 Å². The molecule has 0 saturated carbocycles. The molecule has 0 atom stereocenters. The summed E-state index contributed by atoms with van der Waals surface area (Å²) in [5.74, 6) is -1.57. The van der Waals surface area contributed by atoms with Gasteiger partial charge >= 0.3 is 0 Å². The molecule has 0 heterocycles. The summed E-state index contributed by atoms with van der Waals surface area (Å²) in [4.78, 5) is 12.1. The molecule has 3 N–H and O–H groups in total. The number of hydrogen-bond acceptors (Lipinski definition) is 3. The fourth-order valence-corrected chi connectivity index (χ4v) is 2.42. The number of nitrogens with two attached hydrogens (primary N) is 1. The largest absolute Gasteiger partial charge is 0.399 e. The Morgan fingerprint density at radius 1 is 1.24 bits per heavy atom. The normalized spacial score (nSPS) is 10.4.